The van der Waals surface area contributed by atoms with Gasteiger partial charge in [-0.1, -0.05) is 19.1 Å². The van der Waals surface area contributed by atoms with Crippen LogP contribution in [-0.2, 0) is 4.79 Å². The molecule has 0 aliphatic rings. The molecule has 0 aliphatic carbocycles. The monoisotopic (exact) mass is 252 g/mol. The highest BCUT2D eigenvalue weighted by atomic mass is 16.6. The summed E-state index contributed by atoms with van der Waals surface area (Å²) in [5, 5.41) is 22.4. The van der Waals surface area contributed by atoms with Crippen molar-refractivity contribution in [2.24, 2.45) is 0 Å². The summed E-state index contributed by atoms with van der Waals surface area (Å²) in [6, 6.07) is 5.69. The molecule has 1 aromatic carbocycles. The molecular weight excluding hydrogens is 236 g/mol. The first-order valence-electron chi connectivity index (χ1n) is 5.58. The zero-order chi connectivity index (χ0) is 13.7. The largest absolute Gasteiger partial charge is 0.394 e. The van der Waals surface area contributed by atoms with E-state index < -0.39 is 11.0 Å². The Morgan fingerprint density at radius 3 is 2.39 bits per heavy atom. The number of non-ortho nitro benzene ring substituents is 1. The van der Waals surface area contributed by atoms with E-state index in [1.165, 1.54) is 19.1 Å². The number of amides is 1. The molecule has 0 bridgehead atoms. The number of nitrogens with zero attached hydrogens (tertiary/aromatic N) is 1. The molecule has 0 spiro atoms. The summed E-state index contributed by atoms with van der Waals surface area (Å²) in [7, 11) is 0. The fraction of sp³-hybridized carbons (Fsp3) is 0.417. The SMILES string of the molecule is CC(=O)N[C@H](CO)[C@@H](C)c1ccc([N+](=O)[O-])cc1. The van der Waals surface area contributed by atoms with Crippen molar-refractivity contribution in [1.29, 1.82) is 0 Å². The molecule has 1 aromatic rings. The van der Waals surface area contributed by atoms with Crippen LogP contribution in [0.5, 0.6) is 0 Å². The maximum Gasteiger partial charge on any atom is 0.269 e. The van der Waals surface area contributed by atoms with Crippen molar-refractivity contribution in [2.75, 3.05) is 6.61 Å². The van der Waals surface area contributed by atoms with Crippen LogP contribution in [0.4, 0.5) is 5.69 Å². The lowest BCUT2D eigenvalue weighted by molar-refractivity contribution is -0.384. The van der Waals surface area contributed by atoms with Gasteiger partial charge in [0.2, 0.25) is 5.91 Å². The molecule has 98 valence electrons. The second kappa shape index (κ2) is 6.11. The second-order valence-electron chi connectivity index (χ2n) is 4.13. The molecule has 1 amide bonds. The lowest BCUT2D eigenvalue weighted by Gasteiger charge is -2.22. The third-order valence-corrected chi connectivity index (χ3v) is 2.82. The van der Waals surface area contributed by atoms with E-state index in [4.69, 9.17) is 0 Å². The number of aliphatic hydroxyl groups is 1. The third kappa shape index (κ3) is 3.53. The summed E-state index contributed by atoms with van der Waals surface area (Å²) in [6.07, 6.45) is 0. The minimum Gasteiger partial charge on any atom is -0.394 e. The summed E-state index contributed by atoms with van der Waals surface area (Å²) in [5.41, 5.74) is 0.847. The molecule has 2 atom stereocenters. The highest BCUT2D eigenvalue weighted by molar-refractivity contribution is 5.73. The van der Waals surface area contributed by atoms with Crippen LogP contribution in [0.15, 0.2) is 24.3 Å². The number of nitrogens with one attached hydrogen (secondary N) is 1. The molecule has 0 fully saturated rings. The molecular formula is C12H16N2O4. The van der Waals surface area contributed by atoms with Gasteiger partial charge in [-0.3, -0.25) is 14.9 Å². The van der Waals surface area contributed by atoms with Gasteiger partial charge in [0.05, 0.1) is 17.6 Å². The van der Waals surface area contributed by atoms with Crippen molar-refractivity contribution in [2.45, 2.75) is 25.8 Å². The van der Waals surface area contributed by atoms with Gasteiger partial charge in [0, 0.05) is 25.0 Å². The average molecular weight is 252 g/mol. The van der Waals surface area contributed by atoms with Gasteiger partial charge in [-0.2, -0.15) is 0 Å². The normalized spacial score (nSPS) is 13.7. The third-order valence-electron chi connectivity index (χ3n) is 2.82. The van der Waals surface area contributed by atoms with E-state index in [1.54, 1.807) is 12.1 Å². The number of nitro groups is 1. The highest BCUT2D eigenvalue weighted by Crippen LogP contribution is 2.22. The number of carbonyl (C=O) groups excluding carboxylic acids is 1. The van der Waals surface area contributed by atoms with E-state index in [-0.39, 0.29) is 24.1 Å². The predicted molar refractivity (Wildman–Crippen MR) is 66.2 cm³/mol. The first kappa shape index (κ1) is 14.1. The number of aliphatic hydroxyl groups excluding tert-OH is 1. The van der Waals surface area contributed by atoms with Crippen LogP contribution in [0.3, 0.4) is 0 Å². The summed E-state index contributed by atoms with van der Waals surface area (Å²) in [6.45, 7) is 3.04. The minimum absolute atomic E-state index is 0.0195. The van der Waals surface area contributed by atoms with Crippen molar-refractivity contribution in [3.63, 3.8) is 0 Å². The molecule has 18 heavy (non-hydrogen) atoms. The smallest absolute Gasteiger partial charge is 0.269 e. The summed E-state index contributed by atoms with van der Waals surface area (Å²) < 4.78 is 0. The van der Waals surface area contributed by atoms with Gasteiger partial charge in [0.25, 0.3) is 5.69 Å². The number of carbonyl (C=O) groups is 1. The maximum atomic E-state index is 11.0. The van der Waals surface area contributed by atoms with Gasteiger partial charge in [-0.05, 0) is 5.56 Å². The standard InChI is InChI=1S/C12H16N2O4/c1-8(12(7-15)13-9(2)16)10-3-5-11(6-4-10)14(17)18/h3-6,8,12,15H,7H2,1-2H3,(H,13,16)/t8-,12+/m0/s1. The summed E-state index contributed by atoms with van der Waals surface area (Å²) >= 11 is 0. The first-order valence-corrected chi connectivity index (χ1v) is 5.58. The lowest BCUT2D eigenvalue weighted by atomic mass is 9.93. The molecule has 6 nitrogen and oxygen atoms in total. The minimum atomic E-state index is -0.466. The zero-order valence-corrected chi connectivity index (χ0v) is 10.3. The number of benzene rings is 1. The Labute approximate surface area is 105 Å². The van der Waals surface area contributed by atoms with E-state index >= 15 is 0 Å². The molecule has 6 heteroatoms. The molecule has 2 N–H and O–H groups in total. The number of hydrogen-bond acceptors (Lipinski definition) is 4. The average Bonchev–Trinajstić information content (AvgIpc) is 2.35. The van der Waals surface area contributed by atoms with E-state index in [9.17, 15) is 20.0 Å². The Bertz CT molecular complexity index is 430. The quantitative estimate of drug-likeness (QED) is 0.608. The molecule has 0 heterocycles. The Balaban J connectivity index is 2.84. The van der Waals surface area contributed by atoms with E-state index in [0.29, 0.717) is 0 Å². The van der Waals surface area contributed by atoms with Gasteiger partial charge < -0.3 is 10.4 Å². The predicted octanol–water partition coefficient (Wildman–Crippen LogP) is 1.20. The Kier molecular flexibility index (Phi) is 4.79. The highest BCUT2D eigenvalue weighted by Gasteiger charge is 2.19. The molecule has 0 saturated heterocycles. The zero-order valence-electron chi connectivity index (χ0n) is 10.3. The van der Waals surface area contributed by atoms with Crippen LogP contribution < -0.4 is 5.32 Å². The van der Waals surface area contributed by atoms with Crippen LogP contribution in [-0.4, -0.2) is 28.6 Å². The fourth-order valence-corrected chi connectivity index (χ4v) is 1.72. The molecule has 1 rings (SSSR count). The van der Waals surface area contributed by atoms with Crippen LogP contribution >= 0.6 is 0 Å². The van der Waals surface area contributed by atoms with E-state index in [1.807, 2.05) is 6.92 Å². The fourth-order valence-electron chi connectivity index (χ4n) is 1.72. The summed E-state index contributed by atoms with van der Waals surface area (Å²) in [4.78, 5) is 21.0. The number of nitro benzene ring substituents is 1. The van der Waals surface area contributed by atoms with Crippen molar-refractivity contribution >= 4 is 11.6 Å². The molecule has 0 saturated carbocycles. The number of rotatable bonds is 5. The van der Waals surface area contributed by atoms with Gasteiger partial charge in [0.1, 0.15) is 0 Å². The van der Waals surface area contributed by atoms with Crippen molar-refractivity contribution < 1.29 is 14.8 Å². The van der Waals surface area contributed by atoms with E-state index in [0.717, 1.165) is 5.56 Å². The molecule has 0 aromatic heterocycles. The summed E-state index contributed by atoms with van der Waals surface area (Å²) in [5.74, 6) is -0.345. The van der Waals surface area contributed by atoms with Crippen LogP contribution in [0.2, 0.25) is 0 Å². The number of hydrogen-bond donors (Lipinski definition) is 2. The Morgan fingerprint density at radius 2 is 2.00 bits per heavy atom. The van der Waals surface area contributed by atoms with Crippen molar-refractivity contribution in [3.8, 4) is 0 Å². The molecule has 0 aliphatic heterocycles. The van der Waals surface area contributed by atoms with Gasteiger partial charge in [-0.15, -0.1) is 0 Å². The first-order chi connectivity index (χ1) is 8.45. The van der Waals surface area contributed by atoms with Crippen LogP contribution in [0.1, 0.15) is 25.3 Å². The van der Waals surface area contributed by atoms with Crippen molar-refractivity contribution in [1.82, 2.24) is 5.32 Å². The molecule has 0 unspecified atom stereocenters. The second-order valence-corrected chi connectivity index (χ2v) is 4.13. The van der Waals surface area contributed by atoms with E-state index in [2.05, 4.69) is 5.32 Å². The van der Waals surface area contributed by atoms with Crippen LogP contribution in [0, 0.1) is 10.1 Å². The molecule has 0 radical (unpaired) electrons. The lowest BCUT2D eigenvalue weighted by Crippen LogP contribution is -2.39. The van der Waals surface area contributed by atoms with Gasteiger partial charge in [0.15, 0.2) is 0 Å². The Hall–Kier alpha value is -1.95. The Morgan fingerprint density at radius 1 is 1.44 bits per heavy atom. The van der Waals surface area contributed by atoms with Crippen molar-refractivity contribution in [3.05, 3.63) is 39.9 Å². The van der Waals surface area contributed by atoms with Gasteiger partial charge in [-0.25, -0.2) is 0 Å². The van der Waals surface area contributed by atoms with Crippen LogP contribution in [0.25, 0.3) is 0 Å². The topological polar surface area (TPSA) is 92.5 Å². The van der Waals surface area contributed by atoms with Gasteiger partial charge >= 0.3 is 0 Å². The maximum absolute atomic E-state index is 11.0.